The molecule has 0 unspecified atom stereocenters. The van der Waals surface area contributed by atoms with Gasteiger partial charge in [-0.05, 0) is 66.8 Å². The van der Waals surface area contributed by atoms with Crippen LogP contribution in [0.25, 0.3) is 21.9 Å². The minimum absolute atomic E-state index is 0.157. The third kappa shape index (κ3) is 4.29. The summed E-state index contributed by atoms with van der Waals surface area (Å²) in [4.78, 5) is 15.6. The molecule has 0 aliphatic carbocycles. The zero-order valence-corrected chi connectivity index (χ0v) is 15.7. The quantitative estimate of drug-likeness (QED) is 0.607. The van der Waals surface area contributed by atoms with Gasteiger partial charge >= 0.3 is 5.97 Å². The summed E-state index contributed by atoms with van der Waals surface area (Å²) >= 11 is 1.64. The highest BCUT2D eigenvalue weighted by molar-refractivity contribution is 7.19. The number of thiazole rings is 1. The van der Waals surface area contributed by atoms with Crippen LogP contribution in [0.15, 0.2) is 42.5 Å². The highest BCUT2D eigenvalue weighted by atomic mass is 32.1. The Kier molecular flexibility index (Phi) is 5.68. The number of hydrogen-bond acceptors (Lipinski definition) is 4. The Hall–Kier alpha value is -2.66. The summed E-state index contributed by atoms with van der Waals surface area (Å²) in [7, 11) is 1.66. The first-order valence-electron chi connectivity index (χ1n) is 8.50. The molecule has 0 aliphatic heterocycles. The highest BCUT2D eigenvalue weighted by Gasteiger charge is 2.10. The monoisotopic (exact) mass is 367 g/mol. The number of aryl methyl sites for hydroxylation is 1. The largest absolute Gasteiger partial charge is 0.496 e. The molecule has 0 amide bonds. The minimum Gasteiger partial charge on any atom is -0.496 e. The van der Waals surface area contributed by atoms with Crippen LogP contribution >= 0.6 is 11.3 Å². The predicted molar refractivity (Wildman–Crippen MR) is 107 cm³/mol. The Balaban J connectivity index is 1.96. The Morgan fingerprint density at radius 2 is 2.04 bits per heavy atom. The van der Waals surface area contributed by atoms with E-state index >= 15 is 0 Å². The van der Waals surface area contributed by atoms with E-state index < -0.39 is 5.97 Å². The van der Waals surface area contributed by atoms with Gasteiger partial charge in [0.1, 0.15) is 10.8 Å². The number of rotatable bonds is 7. The lowest BCUT2D eigenvalue weighted by Crippen LogP contribution is -1.95. The standard InChI is InChI=1S/C21H21NO3S/c1-14-12-15(10-11-18(14)25-2)13-16(6-5-9-20(23)24)21-22-17-7-3-4-8-19(17)26-21/h3-4,7-8,10-13H,5-6,9H2,1-2H3,(H,23,24). The van der Waals surface area contributed by atoms with Gasteiger partial charge in [0.25, 0.3) is 0 Å². The van der Waals surface area contributed by atoms with Gasteiger partial charge in [-0.15, -0.1) is 11.3 Å². The number of allylic oxidation sites excluding steroid dienone is 1. The molecule has 4 nitrogen and oxygen atoms in total. The lowest BCUT2D eigenvalue weighted by Gasteiger charge is -2.07. The molecule has 0 fully saturated rings. The van der Waals surface area contributed by atoms with Crippen LogP contribution in [-0.2, 0) is 4.79 Å². The van der Waals surface area contributed by atoms with Gasteiger partial charge in [-0.2, -0.15) is 0 Å². The van der Waals surface area contributed by atoms with E-state index in [0.717, 1.165) is 37.7 Å². The van der Waals surface area contributed by atoms with Crippen LogP contribution in [0.2, 0.25) is 0 Å². The van der Waals surface area contributed by atoms with Crippen molar-refractivity contribution in [2.75, 3.05) is 7.11 Å². The van der Waals surface area contributed by atoms with E-state index in [1.807, 2.05) is 37.3 Å². The average Bonchev–Trinajstić information content (AvgIpc) is 3.05. The van der Waals surface area contributed by atoms with E-state index in [-0.39, 0.29) is 6.42 Å². The molecule has 3 aromatic rings. The van der Waals surface area contributed by atoms with Crippen molar-refractivity contribution in [3.05, 3.63) is 58.6 Å². The summed E-state index contributed by atoms with van der Waals surface area (Å²) in [6.45, 7) is 2.01. The molecule has 5 heteroatoms. The minimum atomic E-state index is -0.769. The topological polar surface area (TPSA) is 59.4 Å². The number of methoxy groups -OCH3 is 1. The number of carboxylic acid groups (broad SMARTS) is 1. The van der Waals surface area contributed by atoms with Gasteiger partial charge < -0.3 is 9.84 Å². The molecule has 0 radical (unpaired) electrons. The van der Waals surface area contributed by atoms with Gasteiger partial charge in [0.05, 0.1) is 17.3 Å². The van der Waals surface area contributed by atoms with Crippen molar-refractivity contribution >= 4 is 39.2 Å². The molecule has 134 valence electrons. The second-order valence-electron chi connectivity index (χ2n) is 6.13. The molecule has 2 aromatic carbocycles. The number of carbonyl (C=O) groups is 1. The SMILES string of the molecule is COc1ccc(C=C(CCCC(=O)O)c2nc3ccccc3s2)cc1C. The molecule has 0 saturated heterocycles. The van der Waals surface area contributed by atoms with Crippen molar-refractivity contribution in [1.29, 1.82) is 0 Å². The number of aromatic nitrogens is 1. The summed E-state index contributed by atoms with van der Waals surface area (Å²) in [5, 5.41) is 9.90. The van der Waals surface area contributed by atoms with Gasteiger partial charge in [-0.1, -0.05) is 18.2 Å². The van der Waals surface area contributed by atoms with E-state index in [2.05, 4.69) is 18.2 Å². The fraction of sp³-hybridized carbons (Fsp3) is 0.238. The molecular formula is C21H21NO3S. The van der Waals surface area contributed by atoms with Crippen LogP contribution in [0.3, 0.4) is 0 Å². The Morgan fingerprint density at radius 3 is 2.73 bits per heavy atom. The fourth-order valence-corrected chi connectivity index (χ4v) is 3.88. The molecule has 0 spiro atoms. The maximum absolute atomic E-state index is 10.9. The second-order valence-corrected chi connectivity index (χ2v) is 7.16. The van der Waals surface area contributed by atoms with Crippen molar-refractivity contribution < 1.29 is 14.6 Å². The number of benzene rings is 2. The Labute approximate surface area is 156 Å². The third-order valence-electron chi connectivity index (χ3n) is 4.17. The van der Waals surface area contributed by atoms with Gasteiger partial charge in [-0.25, -0.2) is 4.98 Å². The van der Waals surface area contributed by atoms with Crippen molar-refractivity contribution in [1.82, 2.24) is 4.98 Å². The maximum Gasteiger partial charge on any atom is 0.303 e. The predicted octanol–water partition coefficient (Wildman–Crippen LogP) is 5.41. The van der Waals surface area contributed by atoms with Crippen LogP contribution in [-0.4, -0.2) is 23.2 Å². The van der Waals surface area contributed by atoms with Crippen molar-refractivity contribution in [3.8, 4) is 5.75 Å². The van der Waals surface area contributed by atoms with E-state index in [9.17, 15) is 4.79 Å². The first-order chi connectivity index (χ1) is 12.6. The maximum atomic E-state index is 10.9. The molecule has 1 N–H and O–H groups in total. The normalized spacial score (nSPS) is 11.7. The molecule has 1 heterocycles. The van der Waals surface area contributed by atoms with Gasteiger partial charge in [0.15, 0.2) is 0 Å². The van der Waals surface area contributed by atoms with Crippen LogP contribution < -0.4 is 4.74 Å². The number of fused-ring (bicyclic) bond motifs is 1. The molecule has 0 bridgehead atoms. The zero-order valence-electron chi connectivity index (χ0n) is 14.9. The zero-order chi connectivity index (χ0) is 18.5. The number of aliphatic carboxylic acids is 1. The summed E-state index contributed by atoms with van der Waals surface area (Å²) < 4.78 is 6.46. The summed E-state index contributed by atoms with van der Waals surface area (Å²) in [5.41, 5.74) is 4.17. The lowest BCUT2D eigenvalue weighted by molar-refractivity contribution is -0.137. The van der Waals surface area contributed by atoms with E-state index in [1.54, 1.807) is 18.4 Å². The van der Waals surface area contributed by atoms with E-state index in [1.165, 1.54) is 0 Å². The molecule has 3 rings (SSSR count). The van der Waals surface area contributed by atoms with Gasteiger partial charge in [0.2, 0.25) is 0 Å². The Morgan fingerprint density at radius 1 is 1.23 bits per heavy atom. The van der Waals surface area contributed by atoms with Crippen LogP contribution in [0.5, 0.6) is 5.75 Å². The van der Waals surface area contributed by atoms with Crippen LogP contribution in [0.1, 0.15) is 35.4 Å². The Bertz CT molecular complexity index is 926. The smallest absolute Gasteiger partial charge is 0.303 e. The first kappa shape index (κ1) is 18.1. The van der Waals surface area contributed by atoms with Crippen molar-refractivity contribution in [2.45, 2.75) is 26.2 Å². The summed E-state index contributed by atoms with van der Waals surface area (Å²) in [6.07, 6.45) is 3.53. The number of ether oxygens (including phenoxy) is 1. The van der Waals surface area contributed by atoms with Crippen LogP contribution in [0.4, 0.5) is 0 Å². The highest BCUT2D eigenvalue weighted by Crippen LogP contribution is 2.32. The first-order valence-corrected chi connectivity index (χ1v) is 9.31. The fourth-order valence-electron chi connectivity index (χ4n) is 2.87. The van der Waals surface area contributed by atoms with E-state index in [4.69, 9.17) is 14.8 Å². The summed E-state index contributed by atoms with van der Waals surface area (Å²) in [5.74, 6) is 0.0866. The number of hydrogen-bond donors (Lipinski definition) is 1. The lowest BCUT2D eigenvalue weighted by atomic mass is 10.0. The van der Waals surface area contributed by atoms with Gasteiger partial charge in [-0.3, -0.25) is 4.79 Å². The summed E-state index contributed by atoms with van der Waals surface area (Å²) in [6, 6.07) is 14.1. The number of para-hydroxylation sites is 1. The van der Waals surface area contributed by atoms with E-state index in [0.29, 0.717) is 12.8 Å². The second kappa shape index (κ2) is 8.15. The number of carboxylic acids is 1. The molecule has 0 saturated carbocycles. The molecular weight excluding hydrogens is 346 g/mol. The number of nitrogens with zero attached hydrogens (tertiary/aromatic N) is 1. The molecule has 1 aromatic heterocycles. The average molecular weight is 367 g/mol. The van der Waals surface area contributed by atoms with Crippen molar-refractivity contribution in [3.63, 3.8) is 0 Å². The molecule has 0 atom stereocenters. The third-order valence-corrected chi connectivity index (χ3v) is 5.28. The van der Waals surface area contributed by atoms with Crippen molar-refractivity contribution in [2.24, 2.45) is 0 Å². The van der Waals surface area contributed by atoms with Gasteiger partial charge in [0, 0.05) is 6.42 Å². The molecule has 26 heavy (non-hydrogen) atoms. The molecule has 0 aliphatic rings. The van der Waals surface area contributed by atoms with Crippen LogP contribution in [0, 0.1) is 6.92 Å².